The fraction of sp³-hybridized carbons (Fsp3) is 0.0400. The Hall–Kier alpha value is -7.84. The van der Waals surface area contributed by atoms with Gasteiger partial charge in [-0.2, -0.15) is 0 Å². The van der Waals surface area contributed by atoms with Crippen LogP contribution in [0.4, 0.5) is 0 Å². The van der Waals surface area contributed by atoms with Gasteiger partial charge in [-0.1, -0.05) is 121 Å². The number of carbonyl (C=O) groups excluding carboxylic acids is 2. The predicted molar refractivity (Wildman–Crippen MR) is 233 cm³/mol. The van der Waals surface area contributed by atoms with Crippen molar-refractivity contribution in [3.63, 3.8) is 0 Å². The summed E-state index contributed by atoms with van der Waals surface area (Å²) in [7, 11) is 2.47. The number of esters is 2. The van der Waals surface area contributed by atoms with Crippen molar-refractivity contribution in [3.8, 4) is 44.5 Å². The molecule has 0 saturated heterocycles. The lowest BCUT2D eigenvalue weighted by molar-refractivity contribution is -0.143. The van der Waals surface area contributed by atoms with E-state index < -0.39 is 11.9 Å². The SMILES string of the molecule is COC(=O)C(=Cc1cc2[nH]c1c(-c1ccccc1)c1nc(c(-c3ccccc3)c3ccc([nH]3)c(-c3ccccc3)c3nc(c2-c2ccccc2)C=C3)C=C1)C(=O)OC. The molecule has 0 saturated carbocycles. The summed E-state index contributed by atoms with van der Waals surface area (Å²) >= 11 is 0. The molecule has 0 fully saturated rings. The normalized spacial score (nSPS) is 11.6. The van der Waals surface area contributed by atoms with Gasteiger partial charge in [-0.15, -0.1) is 0 Å². The minimum absolute atomic E-state index is 0.259. The number of methoxy groups -OCH3 is 2. The highest BCUT2D eigenvalue weighted by atomic mass is 16.5. The molecule has 0 radical (unpaired) electrons. The smallest absolute Gasteiger partial charge is 0.345 e. The molecule has 2 aliphatic rings. The lowest BCUT2D eigenvalue weighted by Gasteiger charge is -2.07. The lowest BCUT2D eigenvalue weighted by atomic mass is 10.0. The zero-order chi connectivity index (χ0) is 39.6. The number of benzene rings is 4. The molecule has 8 bridgehead atoms. The van der Waals surface area contributed by atoms with E-state index in [1.165, 1.54) is 20.3 Å². The fourth-order valence-corrected chi connectivity index (χ4v) is 7.63. The number of nitrogens with one attached hydrogen (secondary N) is 2. The first-order valence-corrected chi connectivity index (χ1v) is 18.8. The summed E-state index contributed by atoms with van der Waals surface area (Å²) in [5.41, 5.74) is 13.6. The number of carbonyl (C=O) groups is 2. The molecule has 4 aromatic carbocycles. The zero-order valence-corrected chi connectivity index (χ0v) is 31.7. The molecule has 2 N–H and O–H groups in total. The van der Waals surface area contributed by atoms with Gasteiger partial charge in [-0.05, 0) is 70.8 Å². The molecule has 0 aliphatic carbocycles. The van der Waals surface area contributed by atoms with Gasteiger partial charge >= 0.3 is 11.9 Å². The van der Waals surface area contributed by atoms with Crippen LogP contribution in [0.3, 0.4) is 0 Å². The first-order chi connectivity index (χ1) is 28.5. The van der Waals surface area contributed by atoms with Crippen LogP contribution in [0.1, 0.15) is 28.3 Å². The second-order valence-electron chi connectivity index (χ2n) is 13.7. The van der Waals surface area contributed by atoms with Crippen LogP contribution in [0.25, 0.3) is 97.0 Å². The number of ether oxygens (including phenoxy) is 2. The van der Waals surface area contributed by atoms with Gasteiger partial charge in [0, 0.05) is 44.4 Å². The molecule has 0 spiro atoms. The Kier molecular flexibility index (Phi) is 9.49. The monoisotopic (exact) mass is 756 g/mol. The van der Waals surface area contributed by atoms with Gasteiger partial charge in [0.25, 0.3) is 0 Å². The van der Waals surface area contributed by atoms with Crippen LogP contribution in [-0.4, -0.2) is 46.1 Å². The summed E-state index contributed by atoms with van der Waals surface area (Å²) in [6.45, 7) is 0. The number of H-pyrrole nitrogens is 2. The van der Waals surface area contributed by atoms with Gasteiger partial charge in [-0.3, -0.25) is 0 Å². The molecule has 3 aromatic heterocycles. The van der Waals surface area contributed by atoms with Crippen molar-refractivity contribution in [2.24, 2.45) is 0 Å². The summed E-state index contributed by atoms with van der Waals surface area (Å²) in [5, 5.41) is 0. The largest absolute Gasteiger partial charge is 0.465 e. The Morgan fingerprint density at radius 1 is 0.466 bits per heavy atom. The van der Waals surface area contributed by atoms with Gasteiger partial charge in [0.05, 0.1) is 42.5 Å². The molecule has 8 heteroatoms. The number of hydrogen-bond acceptors (Lipinski definition) is 6. The third-order valence-corrected chi connectivity index (χ3v) is 10.3. The Morgan fingerprint density at radius 2 is 0.828 bits per heavy atom. The van der Waals surface area contributed by atoms with Crippen molar-refractivity contribution < 1.29 is 19.1 Å². The molecule has 8 nitrogen and oxygen atoms in total. The van der Waals surface area contributed by atoms with Crippen LogP contribution < -0.4 is 0 Å². The molecule has 5 heterocycles. The third kappa shape index (κ3) is 6.62. The zero-order valence-electron chi connectivity index (χ0n) is 31.7. The van der Waals surface area contributed by atoms with Gasteiger partial charge in [0.2, 0.25) is 0 Å². The van der Waals surface area contributed by atoms with E-state index in [0.29, 0.717) is 22.3 Å². The Bertz CT molecular complexity index is 2960. The molecule has 7 aromatic rings. The topological polar surface area (TPSA) is 110 Å². The Morgan fingerprint density at radius 3 is 1.22 bits per heavy atom. The van der Waals surface area contributed by atoms with Gasteiger partial charge in [-0.25, -0.2) is 19.6 Å². The summed E-state index contributed by atoms with van der Waals surface area (Å²) in [6, 6.07) is 46.6. The van der Waals surface area contributed by atoms with Crippen LogP contribution in [0.2, 0.25) is 0 Å². The van der Waals surface area contributed by atoms with Crippen LogP contribution in [0, 0.1) is 0 Å². The van der Waals surface area contributed by atoms with Gasteiger partial charge in [0.1, 0.15) is 5.57 Å². The second kappa shape index (κ2) is 15.4. The van der Waals surface area contributed by atoms with E-state index in [9.17, 15) is 9.59 Å². The highest BCUT2D eigenvalue weighted by Crippen LogP contribution is 2.39. The molecule has 9 rings (SSSR count). The minimum Gasteiger partial charge on any atom is -0.465 e. The standard InChI is InChI=1S/C50H36N4O4/c1-57-49(55)36(50(56)58-2)29-35-30-43-46(33-19-11-5-12-20-33)41-26-25-39(52-41)44(31-15-7-3-8-16-31)37-23-24-38(51-37)45(32-17-9-4-10-18-32)40-27-28-42(53-40)47(48(35)54-43)34-21-13-6-14-22-34/h3-30,51,54H,1-2H3. The Labute approximate surface area is 334 Å². The van der Waals surface area contributed by atoms with Crippen LogP contribution in [-0.2, 0) is 19.1 Å². The predicted octanol–water partition coefficient (Wildman–Crippen LogP) is 11.1. The van der Waals surface area contributed by atoms with Crippen molar-refractivity contribution in [2.45, 2.75) is 0 Å². The summed E-state index contributed by atoms with van der Waals surface area (Å²) in [4.78, 5) is 44.6. The summed E-state index contributed by atoms with van der Waals surface area (Å²) in [5.74, 6) is -1.64. The van der Waals surface area contributed by atoms with E-state index in [-0.39, 0.29) is 5.57 Å². The van der Waals surface area contributed by atoms with Crippen molar-refractivity contribution in [1.82, 2.24) is 19.9 Å². The third-order valence-electron chi connectivity index (χ3n) is 10.3. The molecule has 2 aliphatic heterocycles. The minimum atomic E-state index is -0.820. The molecule has 280 valence electrons. The maximum atomic E-state index is 13.2. The van der Waals surface area contributed by atoms with Crippen LogP contribution in [0.15, 0.2) is 145 Å². The highest BCUT2D eigenvalue weighted by Gasteiger charge is 2.24. The lowest BCUT2D eigenvalue weighted by Crippen LogP contribution is -2.15. The molecular formula is C50H36N4O4. The van der Waals surface area contributed by atoms with E-state index in [2.05, 4.69) is 46.4 Å². The maximum absolute atomic E-state index is 13.2. The quantitative estimate of drug-likeness (QED) is 0.0725. The van der Waals surface area contributed by atoms with Crippen LogP contribution >= 0.6 is 0 Å². The molecule has 0 unspecified atom stereocenters. The molecule has 58 heavy (non-hydrogen) atoms. The summed E-state index contributed by atoms with van der Waals surface area (Å²) in [6.07, 6.45) is 9.63. The second-order valence-corrected chi connectivity index (χ2v) is 13.7. The van der Waals surface area contributed by atoms with Crippen molar-refractivity contribution in [2.75, 3.05) is 14.2 Å². The van der Waals surface area contributed by atoms with Crippen LogP contribution in [0.5, 0.6) is 0 Å². The van der Waals surface area contributed by atoms with E-state index in [0.717, 1.165) is 72.6 Å². The number of hydrogen-bond donors (Lipinski definition) is 2. The number of nitrogens with zero attached hydrogens (tertiary/aromatic N) is 2. The van der Waals surface area contributed by atoms with E-state index in [4.69, 9.17) is 19.4 Å². The van der Waals surface area contributed by atoms with Gasteiger partial charge in [0.15, 0.2) is 0 Å². The number of fused-ring (bicyclic) bond motifs is 8. The van der Waals surface area contributed by atoms with Gasteiger partial charge < -0.3 is 19.4 Å². The van der Waals surface area contributed by atoms with E-state index in [1.807, 2.05) is 127 Å². The van der Waals surface area contributed by atoms with Crippen molar-refractivity contribution in [3.05, 3.63) is 173 Å². The number of aromatic nitrogens is 4. The number of aromatic amines is 2. The Balaban J connectivity index is 1.53. The fourth-order valence-electron chi connectivity index (χ4n) is 7.63. The molecule has 0 amide bonds. The average molecular weight is 757 g/mol. The van der Waals surface area contributed by atoms with Crippen molar-refractivity contribution >= 4 is 64.4 Å². The van der Waals surface area contributed by atoms with Crippen molar-refractivity contribution in [1.29, 1.82) is 0 Å². The number of rotatable bonds is 7. The first kappa shape index (κ1) is 35.8. The van der Waals surface area contributed by atoms with E-state index in [1.54, 1.807) is 0 Å². The van der Waals surface area contributed by atoms with E-state index >= 15 is 0 Å². The first-order valence-electron chi connectivity index (χ1n) is 18.8. The maximum Gasteiger partial charge on any atom is 0.345 e. The molecular weight excluding hydrogens is 721 g/mol. The average Bonchev–Trinajstić information content (AvgIpc) is 4.11. The molecule has 0 atom stereocenters. The highest BCUT2D eigenvalue weighted by molar-refractivity contribution is 6.18. The summed E-state index contributed by atoms with van der Waals surface area (Å²) < 4.78 is 10.1.